The number of alkyl halides is 3. The highest BCUT2D eigenvalue weighted by Gasteiger charge is 2.51. The molecule has 2 rings (SSSR count). The quantitative estimate of drug-likeness (QED) is 0.731. The largest absolute Gasteiger partial charge is 0.464 e. The number of aromatic nitrogens is 1. The molecule has 2 radical (unpaired) electrons. The predicted octanol–water partition coefficient (Wildman–Crippen LogP) is 1.60. The van der Waals surface area contributed by atoms with Crippen molar-refractivity contribution in [3.8, 4) is 5.88 Å². The zero-order valence-corrected chi connectivity index (χ0v) is 8.37. The molecule has 2 nitrogen and oxygen atoms in total. The van der Waals surface area contributed by atoms with Gasteiger partial charge in [0.25, 0.3) is 0 Å². The van der Waals surface area contributed by atoms with Crippen LogP contribution in [0.5, 0.6) is 5.88 Å². The standard InChI is InChI=1S/C10H9BF3NO/c11-7-3-4-8(15-5-7)16-9(6-1-2-6)10(12,13)14/h3-6,9H,1-2H2. The number of halogens is 3. The molecule has 0 aliphatic heterocycles. The van der Waals surface area contributed by atoms with Crippen LogP contribution < -0.4 is 10.2 Å². The summed E-state index contributed by atoms with van der Waals surface area (Å²) in [5.41, 5.74) is 0.391. The molecule has 6 heteroatoms. The zero-order chi connectivity index (χ0) is 11.8. The molecule has 1 aliphatic rings. The number of hydrogen-bond donors (Lipinski definition) is 0. The van der Waals surface area contributed by atoms with E-state index in [0.717, 1.165) is 0 Å². The summed E-state index contributed by atoms with van der Waals surface area (Å²) in [6.45, 7) is 0. The molecule has 0 bridgehead atoms. The van der Waals surface area contributed by atoms with Gasteiger partial charge in [0.05, 0.1) is 0 Å². The van der Waals surface area contributed by atoms with Gasteiger partial charge < -0.3 is 4.74 Å². The smallest absolute Gasteiger partial charge is 0.425 e. The first kappa shape index (κ1) is 11.3. The summed E-state index contributed by atoms with van der Waals surface area (Å²) in [5, 5.41) is 0. The van der Waals surface area contributed by atoms with Crippen molar-refractivity contribution in [3.63, 3.8) is 0 Å². The minimum absolute atomic E-state index is 0.0385. The molecule has 16 heavy (non-hydrogen) atoms. The summed E-state index contributed by atoms with van der Waals surface area (Å²) in [4.78, 5) is 3.69. The molecule has 0 aromatic carbocycles. The molecule has 1 heterocycles. The third kappa shape index (κ3) is 2.68. The van der Waals surface area contributed by atoms with Crippen molar-refractivity contribution < 1.29 is 17.9 Å². The first-order valence-corrected chi connectivity index (χ1v) is 4.92. The minimum atomic E-state index is -4.34. The Balaban J connectivity index is 2.08. The van der Waals surface area contributed by atoms with Gasteiger partial charge in [-0.15, -0.1) is 0 Å². The van der Waals surface area contributed by atoms with Gasteiger partial charge in [0.1, 0.15) is 7.85 Å². The average molecular weight is 227 g/mol. The van der Waals surface area contributed by atoms with E-state index in [0.29, 0.717) is 18.3 Å². The molecule has 1 aromatic heterocycles. The summed E-state index contributed by atoms with van der Waals surface area (Å²) < 4.78 is 42.7. The normalized spacial score (nSPS) is 18.2. The molecule has 1 fully saturated rings. The lowest BCUT2D eigenvalue weighted by Crippen LogP contribution is -2.36. The molecule has 1 aliphatic carbocycles. The van der Waals surface area contributed by atoms with Crippen LogP contribution in [0.15, 0.2) is 18.3 Å². The van der Waals surface area contributed by atoms with Gasteiger partial charge in [0, 0.05) is 12.1 Å². The van der Waals surface area contributed by atoms with Gasteiger partial charge in [-0.2, -0.15) is 13.2 Å². The molecule has 1 atom stereocenters. The van der Waals surface area contributed by atoms with Crippen LogP contribution in [0.2, 0.25) is 0 Å². The van der Waals surface area contributed by atoms with Crippen molar-refractivity contribution in [1.82, 2.24) is 4.98 Å². The molecular weight excluding hydrogens is 218 g/mol. The van der Waals surface area contributed by atoms with Crippen LogP contribution >= 0.6 is 0 Å². The lowest BCUT2D eigenvalue weighted by atomic mass is 9.99. The predicted molar refractivity (Wildman–Crippen MR) is 52.8 cm³/mol. The van der Waals surface area contributed by atoms with Gasteiger partial charge >= 0.3 is 6.18 Å². The average Bonchev–Trinajstić information content (AvgIpc) is 2.98. The van der Waals surface area contributed by atoms with E-state index in [1.807, 2.05) is 0 Å². The van der Waals surface area contributed by atoms with Gasteiger partial charge in [0.15, 0.2) is 6.10 Å². The van der Waals surface area contributed by atoms with Crippen molar-refractivity contribution in [2.45, 2.75) is 25.1 Å². The summed E-state index contributed by atoms with van der Waals surface area (Å²) in [5.74, 6) is -0.470. The van der Waals surface area contributed by atoms with Crippen molar-refractivity contribution in [3.05, 3.63) is 18.3 Å². The van der Waals surface area contributed by atoms with Crippen LogP contribution in [-0.4, -0.2) is 25.1 Å². The van der Waals surface area contributed by atoms with E-state index in [4.69, 9.17) is 12.6 Å². The zero-order valence-electron chi connectivity index (χ0n) is 8.37. The fourth-order valence-electron chi connectivity index (χ4n) is 1.42. The SMILES string of the molecule is [B]c1ccc(OC(C2CC2)C(F)(F)F)nc1. The van der Waals surface area contributed by atoms with E-state index >= 15 is 0 Å². The van der Waals surface area contributed by atoms with Crippen LogP contribution in [0, 0.1) is 5.92 Å². The monoisotopic (exact) mass is 227 g/mol. The molecule has 0 saturated heterocycles. The van der Waals surface area contributed by atoms with Crippen molar-refractivity contribution in [1.29, 1.82) is 0 Å². The van der Waals surface area contributed by atoms with E-state index in [9.17, 15) is 13.2 Å². The van der Waals surface area contributed by atoms with Crippen molar-refractivity contribution in [2.75, 3.05) is 0 Å². The van der Waals surface area contributed by atoms with E-state index < -0.39 is 18.2 Å². The maximum Gasteiger partial charge on any atom is 0.425 e. The summed E-state index contributed by atoms with van der Waals surface area (Å²) >= 11 is 0. The van der Waals surface area contributed by atoms with Gasteiger partial charge in [-0.05, 0) is 18.9 Å². The fraction of sp³-hybridized carbons (Fsp3) is 0.500. The van der Waals surface area contributed by atoms with Crippen LogP contribution in [0.3, 0.4) is 0 Å². The Hall–Kier alpha value is -1.20. The molecule has 0 spiro atoms. The summed E-state index contributed by atoms with van der Waals surface area (Å²) in [6.07, 6.45) is -3.71. The van der Waals surface area contributed by atoms with E-state index in [1.54, 1.807) is 0 Å². The minimum Gasteiger partial charge on any atom is -0.464 e. The third-order valence-corrected chi connectivity index (χ3v) is 2.38. The number of pyridine rings is 1. The van der Waals surface area contributed by atoms with E-state index in [-0.39, 0.29) is 5.88 Å². The lowest BCUT2D eigenvalue weighted by molar-refractivity contribution is -0.201. The Labute approximate surface area is 92.2 Å². The molecule has 1 saturated carbocycles. The Morgan fingerprint density at radius 2 is 2.06 bits per heavy atom. The lowest BCUT2D eigenvalue weighted by Gasteiger charge is -2.20. The number of ether oxygens (including phenoxy) is 1. The molecular formula is C10H9BF3NO. The van der Waals surface area contributed by atoms with E-state index in [1.165, 1.54) is 18.3 Å². The summed E-state index contributed by atoms with van der Waals surface area (Å²) in [6, 6.07) is 2.80. The van der Waals surface area contributed by atoms with Crippen molar-refractivity contribution in [2.24, 2.45) is 5.92 Å². The highest BCUT2D eigenvalue weighted by atomic mass is 19.4. The van der Waals surface area contributed by atoms with Gasteiger partial charge in [0.2, 0.25) is 5.88 Å². The second kappa shape index (κ2) is 3.99. The van der Waals surface area contributed by atoms with E-state index in [2.05, 4.69) is 4.98 Å². The fourth-order valence-corrected chi connectivity index (χ4v) is 1.42. The number of nitrogens with zero attached hydrogens (tertiary/aromatic N) is 1. The van der Waals surface area contributed by atoms with Gasteiger partial charge in [-0.25, -0.2) is 4.98 Å². The second-order valence-electron chi connectivity index (χ2n) is 3.85. The first-order chi connectivity index (χ1) is 7.47. The number of rotatable bonds is 3. The van der Waals surface area contributed by atoms with Crippen LogP contribution in [0.25, 0.3) is 0 Å². The molecule has 84 valence electrons. The topological polar surface area (TPSA) is 22.1 Å². The van der Waals surface area contributed by atoms with Crippen LogP contribution in [-0.2, 0) is 0 Å². The van der Waals surface area contributed by atoms with Gasteiger partial charge in [-0.1, -0.05) is 11.5 Å². The number of hydrogen-bond acceptors (Lipinski definition) is 2. The van der Waals surface area contributed by atoms with Gasteiger partial charge in [-0.3, -0.25) is 0 Å². The Bertz CT molecular complexity index is 361. The molecule has 1 unspecified atom stereocenters. The maximum absolute atomic E-state index is 12.6. The first-order valence-electron chi connectivity index (χ1n) is 4.92. The molecule has 0 N–H and O–H groups in total. The van der Waals surface area contributed by atoms with Crippen LogP contribution in [0.4, 0.5) is 13.2 Å². The Morgan fingerprint density at radius 3 is 2.50 bits per heavy atom. The second-order valence-corrected chi connectivity index (χ2v) is 3.85. The molecule has 1 aromatic rings. The highest BCUT2D eigenvalue weighted by Crippen LogP contribution is 2.41. The summed E-state index contributed by atoms with van der Waals surface area (Å²) in [7, 11) is 5.38. The maximum atomic E-state index is 12.6. The Kier molecular flexibility index (Phi) is 2.82. The Morgan fingerprint density at radius 1 is 1.38 bits per heavy atom. The highest BCUT2D eigenvalue weighted by molar-refractivity contribution is 6.32. The van der Waals surface area contributed by atoms with Crippen LogP contribution in [0.1, 0.15) is 12.8 Å². The third-order valence-electron chi connectivity index (χ3n) is 2.38. The van der Waals surface area contributed by atoms with Crippen molar-refractivity contribution >= 4 is 13.3 Å². The molecule has 0 amide bonds.